The Morgan fingerprint density at radius 2 is 1.17 bits per heavy atom. The number of hydrogen-bond acceptors (Lipinski definition) is 13. The Morgan fingerprint density at radius 3 is 1.71 bits per heavy atom. The quantitative estimate of drug-likeness (QED) is 0.0403. The first-order valence-corrected chi connectivity index (χ1v) is 30.1. The van der Waals surface area contributed by atoms with Gasteiger partial charge in [0.1, 0.15) is 46.8 Å². The topological polar surface area (TPSA) is 332 Å². The second-order valence-electron chi connectivity index (χ2n) is 25.9. The molecule has 0 aromatic rings. The van der Waals surface area contributed by atoms with E-state index in [2.05, 4.69) is 53.2 Å². The van der Waals surface area contributed by atoms with Gasteiger partial charge in [-0.3, -0.25) is 52.7 Å². The molecule has 0 aliphatic carbocycles. The molecule has 0 bridgehead atoms. The molecule has 11 N–H and O–H groups in total. The molecular formula is C61H107N11O12. The van der Waals surface area contributed by atoms with Crippen molar-refractivity contribution < 1.29 is 57.8 Å². The summed E-state index contributed by atoms with van der Waals surface area (Å²) >= 11 is 0. The number of nitrogens with zero attached hydrogens (tertiary/aromatic N) is 1. The first-order valence-electron chi connectivity index (χ1n) is 30.1. The summed E-state index contributed by atoms with van der Waals surface area (Å²) < 4.78 is 0. The van der Waals surface area contributed by atoms with Crippen molar-refractivity contribution in [2.75, 3.05) is 26.7 Å². The predicted octanol–water partition coefficient (Wildman–Crippen LogP) is 2.74. The summed E-state index contributed by atoms with van der Waals surface area (Å²) in [6, 6.07) is -6.43. The van der Waals surface area contributed by atoms with Crippen molar-refractivity contribution in [1.82, 2.24) is 58.1 Å². The Morgan fingerprint density at radius 1 is 0.631 bits per heavy atom. The van der Waals surface area contributed by atoms with Crippen LogP contribution in [0.4, 0.5) is 0 Å². The van der Waals surface area contributed by atoms with E-state index in [9.17, 15) is 57.8 Å². The third-order valence-electron chi connectivity index (χ3n) is 14.6. The number of hydrogen-bond donors (Lipinski definition) is 11. The Hall–Kier alpha value is -6.23. The monoisotopic (exact) mass is 1190 g/mol. The van der Waals surface area contributed by atoms with Gasteiger partial charge in [-0.1, -0.05) is 94.7 Å². The van der Waals surface area contributed by atoms with Crippen LogP contribution in [0.1, 0.15) is 176 Å². The molecule has 1 saturated heterocycles. The van der Waals surface area contributed by atoms with Crippen molar-refractivity contribution in [2.24, 2.45) is 35.5 Å². The molecule has 1 rings (SSSR count). The van der Waals surface area contributed by atoms with Gasteiger partial charge in [0.2, 0.25) is 59.1 Å². The molecule has 478 valence electrons. The minimum Gasteiger partial charge on any atom is -0.390 e. The van der Waals surface area contributed by atoms with E-state index in [1.807, 2.05) is 62.3 Å². The van der Waals surface area contributed by atoms with E-state index >= 15 is 0 Å². The van der Waals surface area contributed by atoms with Gasteiger partial charge in [0, 0.05) is 38.5 Å². The highest BCUT2D eigenvalue weighted by atomic mass is 16.3. The fourth-order valence-corrected chi connectivity index (χ4v) is 9.13. The van der Waals surface area contributed by atoms with E-state index in [1.54, 1.807) is 40.0 Å². The lowest BCUT2D eigenvalue weighted by molar-refractivity contribution is -0.140. The second kappa shape index (κ2) is 35.3. The standard InChI is InChI=1S/C61H107N11O12/c1-20-38(9)25-26-48(75)72-34-40(11)32-46(72)54(80)66-45(31-39(10)23-22-24-42(73)21-2)52(78)68-49(50(76)37(7)8)55(81)70-60(15,16)57(83)67-43(29-35(3)4)51(77)65-44(30-36(5)6)53(79)69-61(17,18)58(84)71-59(13,14)56(82)63-28-27-47(74)64-41(12)33-62-19/h22,24-26,35-41,43-46,49-50,62,76H,20-21,23,27-34H2,1-19H3,(H,63,82)(H,64,74)(H,65,77)(H,66,80)(H,67,83)(H,68,78)(H,69,79)(H,70,81)(H,71,84)/b24-22+,26-25+/t38-,39?,40?,41?,43?,44?,45?,46?,49?,50?/m1/s1. The minimum absolute atomic E-state index is 0.00888. The highest BCUT2D eigenvalue weighted by molar-refractivity contribution is 6.00. The summed E-state index contributed by atoms with van der Waals surface area (Å²) in [5, 5.41) is 39.0. The van der Waals surface area contributed by atoms with Crippen LogP contribution in [0.2, 0.25) is 0 Å². The van der Waals surface area contributed by atoms with Crippen molar-refractivity contribution in [2.45, 2.75) is 235 Å². The van der Waals surface area contributed by atoms with E-state index in [0.717, 1.165) is 6.42 Å². The lowest BCUT2D eigenvalue weighted by atomic mass is 9.94. The SMILES string of the molecule is CCC(=O)/C=C/CC(C)CC(NC(=O)C1CC(C)CN1C(=O)/C=C/[C@H](C)CC)C(=O)NC(C(=O)NC(C)(C)C(=O)NC(CC(C)C)C(=O)NC(CC(C)C)C(=O)NC(C)(C)C(=O)NC(C)(C)C(=O)NCCC(=O)NC(C)CNC)C(O)C(C)C. The number of amides is 10. The third kappa shape index (κ3) is 26.4. The van der Waals surface area contributed by atoms with Gasteiger partial charge in [-0.25, -0.2) is 0 Å². The number of aliphatic hydroxyl groups excluding tert-OH is 1. The molecule has 23 heteroatoms. The largest absolute Gasteiger partial charge is 0.390 e. The van der Waals surface area contributed by atoms with Gasteiger partial charge in [0.25, 0.3) is 0 Å². The number of carbonyl (C=O) groups is 11. The third-order valence-corrected chi connectivity index (χ3v) is 14.6. The van der Waals surface area contributed by atoms with Crippen LogP contribution in [0.25, 0.3) is 0 Å². The zero-order chi connectivity index (χ0) is 64.6. The smallest absolute Gasteiger partial charge is 0.246 e. The van der Waals surface area contributed by atoms with E-state index in [0.29, 0.717) is 32.4 Å². The summed E-state index contributed by atoms with van der Waals surface area (Å²) in [6.45, 7) is 31.3. The molecule has 23 nitrogen and oxygen atoms in total. The van der Waals surface area contributed by atoms with Crippen LogP contribution in [0.3, 0.4) is 0 Å². The maximum absolute atomic E-state index is 14.5. The number of likely N-dealkylation sites (tertiary alicyclic amines) is 1. The molecule has 1 aliphatic rings. The lowest BCUT2D eigenvalue weighted by Gasteiger charge is -2.34. The molecule has 10 atom stereocenters. The Kier molecular flexibility index (Phi) is 31.8. The van der Waals surface area contributed by atoms with Crippen LogP contribution >= 0.6 is 0 Å². The number of nitrogens with one attached hydrogen (secondary N) is 10. The van der Waals surface area contributed by atoms with Crippen molar-refractivity contribution in [1.29, 1.82) is 0 Å². The molecule has 10 amide bonds. The zero-order valence-electron chi connectivity index (χ0n) is 54.0. The number of ketones is 1. The molecule has 0 aromatic carbocycles. The Balaban J connectivity index is 3.43. The zero-order valence-corrected chi connectivity index (χ0v) is 54.0. The van der Waals surface area contributed by atoms with Gasteiger partial charge in [0.15, 0.2) is 5.78 Å². The number of rotatable bonds is 36. The lowest BCUT2D eigenvalue weighted by Crippen LogP contribution is -2.66. The van der Waals surface area contributed by atoms with Gasteiger partial charge in [0.05, 0.1) is 6.10 Å². The van der Waals surface area contributed by atoms with Gasteiger partial charge in [-0.2, -0.15) is 0 Å². The number of likely N-dealkylation sites (N-methyl/N-ethyl adjacent to an activating group) is 1. The van der Waals surface area contributed by atoms with Gasteiger partial charge >= 0.3 is 0 Å². The molecule has 1 heterocycles. The highest BCUT2D eigenvalue weighted by Gasteiger charge is 2.43. The molecule has 1 fully saturated rings. The predicted molar refractivity (Wildman–Crippen MR) is 324 cm³/mol. The molecule has 1 aliphatic heterocycles. The highest BCUT2D eigenvalue weighted by Crippen LogP contribution is 2.25. The van der Waals surface area contributed by atoms with Crippen LogP contribution in [0.5, 0.6) is 0 Å². The molecule has 84 heavy (non-hydrogen) atoms. The first-order chi connectivity index (χ1) is 38.8. The van der Waals surface area contributed by atoms with Crippen LogP contribution < -0.4 is 53.2 Å². The van der Waals surface area contributed by atoms with Crippen LogP contribution in [-0.2, 0) is 52.7 Å². The number of carbonyl (C=O) groups excluding carboxylic acids is 11. The van der Waals surface area contributed by atoms with Crippen molar-refractivity contribution in [3.8, 4) is 0 Å². The second-order valence-corrected chi connectivity index (χ2v) is 25.9. The molecule has 9 unspecified atom stereocenters. The summed E-state index contributed by atoms with van der Waals surface area (Å²) in [5.74, 6) is -7.70. The molecule has 0 spiro atoms. The van der Waals surface area contributed by atoms with Crippen molar-refractivity contribution in [3.05, 3.63) is 24.3 Å². The van der Waals surface area contributed by atoms with Gasteiger partial charge in [-0.05, 0) is 135 Å². The summed E-state index contributed by atoms with van der Waals surface area (Å²) in [4.78, 5) is 152. The van der Waals surface area contributed by atoms with E-state index < -0.39 is 106 Å². The molecule has 0 saturated carbocycles. The average Bonchev–Trinajstić information content (AvgIpc) is 4.01. The summed E-state index contributed by atoms with van der Waals surface area (Å²) in [7, 11) is 1.76. The van der Waals surface area contributed by atoms with Gasteiger partial charge in [-0.15, -0.1) is 0 Å². The van der Waals surface area contributed by atoms with E-state index in [1.165, 1.54) is 58.6 Å². The van der Waals surface area contributed by atoms with Crippen LogP contribution in [0, 0.1) is 35.5 Å². The summed E-state index contributed by atoms with van der Waals surface area (Å²) in [6.07, 6.45) is 6.98. The number of allylic oxidation sites excluding steroid dienone is 3. The van der Waals surface area contributed by atoms with E-state index in [-0.39, 0.29) is 85.5 Å². The Labute approximate surface area is 500 Å². The summed E-state index contributed by atoms with van der Waals surface area (Å²) in [5.41, 5.74) is -4.89. The fraction of sp³-hybridized carbons (Fsp3) is 0.754. The number of aliphatic hydroxyl groups is 1. The first kappa shape index (κ1) is 75.8. The maximum Gasteiger partial charge on any atom is 0.246 e. The normalized spacial score (nSPS) is 17.8. The van der Waals surface area contributed by atoms with Gasteiger partial charge < -0.3 is 63.2 Å². The Bertz CT molecular complexity index is 2310. The van der Waals surface area contributed by atoms with E-state index in [4.69, 9.17) is 0 Å². The molecule has 0 aromatic heterocycles. The molecule has 0 radical (unpaired) electrons. The van der Waals surface area contributed by atoms with Crippen molar-refractivity contribution in [3.63, 3.8) is 0 Å². The minimum atomic E-state index is -1.80. The van der Waals surface area contributed by atoms with Crippen LogP contribution in [0.15, 0.2) is 24.3 Å². The average molecular weight is 1190 g/mol. The van der Waals surface area contributed by atoms with Crippen molar-refractivity contribution >= 4 is 64.9 Å². The van der Waals surface area contributed by atoms with Crippen LogP contribution in [-0.4, -0.2) is 161 Å². The fourth-order valence-electron chi connectivity index (χ4n) is 9.13. The molecular weight excluding hydrogens is 1080 g/mol. The maximum atomic E-state index is 14.5.